The molecule has 6 nitrogen and oxygen atoms in total. The molecule has 0 radical (unpaired) electrons. The van der Waals surface area contributed by atoms with Crippen molar-refractivity contribution in [2.24, 2.45) is 0 Å². The third-order valence-electron chi connectivity index (χ3n) is 7.87. The van der Waals surface area contributed by atoms with E-state index >= 15 is 0 Å². The number of aliphatic hydroxyl groups is 2. The number of unbranched alkanes of at least 4 members (excludes halogenated alkanes) is 3. The lowest BCUT2D eigenvalue weighted by atomic mass is 10.1. The van der Waals surface area contributed by atoms with Gasteiger partial charge in [-0.2, -0.15) is 0 Å². The first-order chi connectivity index (χ1) is 21.1. The molecule has 0 aliphatic carbocycles. The zero-order valence-electron chi connectivity index (χ0n) is 28.8. The van der Waals surface area contributed by atoms with Crippen LogP contribution in [0.1, 0.15) is 69.4 Å². The van der Waals surface area contributed by atoms with E-state index in [9.17, 15) is 0 Å². The highest BCUT2D eigenvalue weighted by Crippen LogP contribution is 2.16. The standard InChI is InChI=1S/C20H39NO2Si2.C14H27NO2Si2/c1-4-5-6-7-15-21-20-13-11-19(12-14-20)10-8-17-24-23-25(2,3)18-9-16-22;1-19(2,12-4-10-16)17-18-11-3-5-13-6-8-14(15)9-7-13/h11-14,21-22H,4-10,15-18,24H2,1-3H3;6-9,16H,3-5,10-12,15,18H2,1-2H3. The predicted molar refractivity (Wildman–Crippen MR) is 203 cm³/mol. The molecule has 2 rings (SSSR count). The molecule has 0 saturated heterocycles. The fraction of sp³-hybridized carbons (Fsp3) is 0.647. The van der Waals surface area contributed by atoms with Gasteiger partial charge in [0.2, 0.25) is 0 Å². The van der Waals surface area contributed by atoms with E-state index in [0.717, 1.165) is 50.0 Å². The van der Waals surface area contributed by atoms with Gasteiger partial charge in [-0.3, -0.25) is 0 Å². The normalized spacial score (nSPS) is 12.2. The first-order valence-corrected chi connectivity index (χ1v) is 26.7. The number of aryl methyl sites for hydroxylation is 2. The molecule has 0 aliphatic heterocycles. The molecule has 0 heterocycles. The smallest absolute Gasteiger partial charge is 0.173 e. The molecule has 0 aliphatic rings. The summed E-state index contributed by atoms with van der Waals surface area (Å²) >= 11 is 0. The average molecular weight is 679 g/mol. The van der Waals surface area contributed by atoms with E-state index in [4.69, 9.17) is 24.2 Å². The molecule has 0 fully saturated rings. The maximum absolute atomic E-state index is 8.94. The Bertz CT molecular complexity index is 947. The van der Waals surface area contributed by atoms with E-state index in [1.54, 1.807) is 0 Å². The van der Waals surface area contributed by atoms with E-state index in [0.29, 0.717) is 13.2 Å². The molecular weight excluding hydrogens is 613 g/mol. The minimum Gasteiger partial charge on any atom is -0.460 e. The molecular formula is C34H66N2O4Si4. The summed E-state index contributed by atoms with van der Waals surface area (Å²) in [5.41, 5.74) is 10.5. The maximum atomic E-state index is 8.94. The Balaban J connectivity index is 0.000000457. The number of nitrogens with one attached hydrogen (secondary N) is 1. The molecule has 44 heavy (non-hydrogen) atoms. The second-order valence-corrected chi connectivity index (χ2v) is 25.8. The van der Waals surface area contributed by atoms with Gasteiger partial charge in [0.25, 0.3) is 0 Å². The van der Waals surface area contributed by atoms with Crippen LogP contribution in [0.15, 0.2) is 48.5 Å². The number of anilines is 2. The second-order valence-electron chi connectivity index (χ2n) is 13.2. The van der Waals surface area contributed by atoms with Gasteiger partial charge in [0.05, 0.1) is 0 Å². The van der Waals surface area contributed by atoms with Crippen molar-refractivity contribution in [3.8, 4) is 0 Å². The number of aliphatic hydroxyl groups excluding tert-OH is 2. The summed E-state index contributed by atoms with van der Waals surface area (Å²) in [5, 5.41) is 21.3. The lowest BCUT2D eigenvalue weighted by Gasteiger charge is -2.22. The fourth-order valence-electron chi connectivity index (χ4n) is 4.97. The van der Waals surface area contributed by atoms with Crippen LogP contribution in [0, 0.1) is 0 Å². The average Bonchev–Trinajstić information content (AvgIpc) is 3.00. The van der Waals surface area contributed by atoms with E-state index in [1.165, 1.54) is 67.4 Å². The lowest BCUT2D eigenvalue weighted by Crippen LogP contribution is -2.32. The van der Waals surface area contributed by atoms with Crippen LogP contribution in [0.2, 0.25) is 50.4 Å². The fourth-order valence-corrected chi connectivity index (χ4v) is 14.6. The quantitative estimate of drug-likeness (QED) is 0.0541. The molecule has 0 saturated carbocycles. The highest BCUT2D eigenvalue weighted by atomic mass is 28.4. The minimum absolute atomic E-state index is 0.290. The van der Waals surface area contributed by atoms with Crippen LogP contribution >= 0.6 is 0 Å². The lowest BCUT2D eigenvalue weighted by molar-refractivity contribution is 0.292. The van der Waals surface area contributed by atoms with Crippen LogP contribution in [-0.4, -0.2) is 66.1 Å². The van der Waals surface area contributed by atoms with E-state index in [-0.39, 0.29) is 9.76 Å². The number of benzene rings is 2. The van der Waals surface area contributed by atoms with Gasteiger partial charge in [0.15, 0.2) is 16.6 Å². The van der Waals surface area contributed by atoms with Crippen molar-refractivity contribution in [2.45, 2.75) is 121 Å². The van der Waals surface area contributed by atoms with Crippen LogP contribution in [0.25, 0.3) is 0 Å². The molecule has 5 N–H and O–H groups in total. The summed E-state index contributed by atoms with van der Waals surface area (Å²) in [6.45, 7) is 13.0. The van der Waals surface area contributed by atoms with Crippen molar-refractivity contribution in [1.29, 1.82) is 0 Å². The summed E-state index contributed by atoms with van der Waals surface area (Å²) in [7, 11) is -3.75. The van der Waals surface area contributed by atoms with Gasteiger partial charge in [0, 0.05) is 31.1 Å². The Kier molecular flexibility index (Phi) is 23.1. The van der Waals surface area contributed by atoms with E-state index in [2.05, 4.69) is 74.8 Å². The topological polar surface area (TPSA) is 97.0 Å². The number of hydrogen-bond acceptors (Lipinski definition) is 6. The SMILES string of the molecule is CCCCCCNc1ccc(CCC[SiH2]O[Si](C)(C)CCCO)cc1.C[Si](C)(CCCO)O[SiH2]CCCc1ccc(N)cc1. The van der Waals surface area contributed by atoms with Gasteiger partial charge < -0.3 is 29.5 Å². The predicted octanol–water partition coefficient (Wildman–Crippen LogP) is 7.03. The molecule has 0 amide bonds. The third-order valence-corrected chi connectivity index (χ3v) is 20.4. The summed E-state index contributed by atoms with van der Waals surface area (Å²) in [6.07, 6.45) is 11.7. The van der Waals surface area contributed by atoms with Crippen LogP contribution in [0.5, 0.6) is 0 Å². The van der Waals surface area contributed by atoms with Crippen molar-refractivity contribution >= 4 is 47.5 Å². The van der Waals surface area contributed by atoms with Crippen molar-refractivity contribution in [3.05, 3.63) is 59.7 Å². The molecule has 0 unspecified atom stereocenters. The Labute approximate surface area is 277 Å². The molecule has 0 bridgehead atoms. The van der Waals surface area contributed by atoms with Gasteiger partial charge in [-0.15, -0.1) is 0 Å². The largest absolute Gasteiger partial charge is 0.460 e. The van der Waals surface area contributed by atoms with E-state index in [1.807, 2.05) is 12.1 Å². The van der Waals surface area contributed by atoms with Gasteiger partial charge in [0.1, 0.15) is 19.5 Å². The number of rotatable bonds is 24. The van der Waals surface area contributed by atoms with Gasteiger partial charge in [-0.05, 0) is 118 Å². The molecule has 2 aromatic carbocycles. The van der Waals surface area contributed by atoms with Crippen molar-refractivity contribution < 1.29 is 18.4 Å². The Hall–Kier alpha value is -1.25. The Morgan fingerprint density at radius 1 is 0.659 bits per heavy atom. The zero-order chi connectivity index (χ0) is 32.5. The highest BCUT2D eigenvalue weighted by molar-refractivity contribution is 6.75. The molecule has 10 heteroatoms. The number of nitrogens with two attached hydrogens (primary N) is 1. The van der Waals surface area contributed by atoms with Crippen molar-refractivity contribution in [1.82, 2.24) is 0 Å². The molecule has 252 valence electrons. The second kappa shape index (κ2) is 24.9. The number of nitrogen functional groups attached to an aromatic ring is 1. The summed E-state index contributed by atoms with van der Waals surface area (Å²) in [6, 6.07) is 21.8. The Morgan fingerprint density at radius 3 is 1.59 bits per heavy atom. The highest BCUT2D eigenvalue weighted by Gasteiger charge is 2.21. The number of hydrogen-bond donors (Lipinski definition) is 4. The van der Waals surface area contributed by atoms with Crippen LogP contribution in [-0.2, 0) is 21.1 Å². The molecule has 2 aromatic rings. The Morgan fingerprint density at radius 2 is 1.14 bits per heavy atom. The zero-order valence-corrected chi connectivity index (χ0v) is 33.7. The maximum Gasteiger partial charge on any atom is 0.173 e. The minimum atomic E-state index is -1.49. The van der Waals surface area contributed by atoms with Gasteiger partial charge >= 0.3 is 0 Å². The van der Waals surface area contributed by atoms with E-state index < -0.39 is 26.4 Å². The van der Waals surface area contributed by atoms with Crippen molar-refractivity contribution in [2.75, 3.05) is 30.8 Å². The summed E-state index contributed by atoms with van der Waals surface area (Å²) in [4.78, 5) is 0. The summed E-state index contributed by atoms with van der Waals surface area (Å²) in [5.74, 6) is 0. The van der Waals surface area contributed by atoms with Crippen LogP contribution in [0.4, 0.5) is 11.4 Å². The van der Waals surface area contributed by atoms with Gasteiger partial charge in [-0.25, -0.2) is 0 Å². The van der Waals surface area contributed by atoms with Crippen LogP contribution < -0.4 is 11.1 Å². The monoisotopic (exact) mass is 678 g/mol. The molecule has 0 spiro atoms. The third kappa shape index (κ3) is 22.3. The molecule has 0 atom stereocenters. The van der Waals surface area contributed by atoms with Gasteiger partial charge in [-0.1, -0.05) is 63.3 Å². The first-order valence-electron chi connectivity index (χ1n) is 17.3. The van der Waals surface area contributed by atoms with Crippen LogP contribution in [0.3, 0.4) is 0 Å². The van der Waals surface area contributed by atoms with Crippen molar-refractivity contribution in [3.63, 3.8) is 0 Å². The molecule has 0 aromatic heterocycles. The summed E-state index contributed by atoms with van der Waals surface area (Å²) < 4.78 is 12.4. The first kappa shape index (κ1) is 40.8.